The number of amides is 1. The number of benzene rings is 1. The van der Waals surface area contributed by atoms with Gasteiger partial charge in [0.1, 0.15) is 5.75 Å². The van der Waals surface area contributed by atoms with Crippen LogP contribution in [0.5, 0.6) is 5.75 Å². The molecule has 24 heavy (non-hydrogen) atoms. The molecule has 1 aliphatic heterocycles. The number of carbonyl (C=O) groups excluding carboxylic acids is 1. The standard InChI is InChI=1S/C17H25BrN2O3.ClH/c18-14-3-1-4-16(13-14)23-12-7-17(21)20-9-5-15(6-10-20)22-11-2-8-19;/h1,3-4,13,15H,2,5-12,19H2;1H. The molecule has 0 bridgehead atoms. The van der Waals surface area contributed by atoms with Crippen LogP contribution in [0.2, 0.25) is 0 Å². The third-order valence-electron chi connectivity index (χ3n) is 3.88. The molecule has 1 fully saturated rings. The van der Waals surface area contributed by atoms with Gasteiger partial charge in [-0.3, -0.25) is 4.79 Å². The number of rotatable bonds is 8. The summed E-state index contributed by atoms with van der Waals surface area (Å²) >= 11 is 3.40. The van der Waals surface area contributed by atoms with Crippen LogP contribution < -0.4 is 10.5 Å². The van der Waals surface area contributed by atoms with Gasteiger partial charge in [0.25, 0.3) is 0 Å². The van der Waals surface area contributed by atoms with Crippen molar-refractivity contribution in [1.29, 1.82) is 0 Å². The zero-order valence-corrected chi connectivity index (χ0v) is 16.2. The van der Waals surface area contributed by atoms with Gasteiger partial charge in [-0.2, -0.15) is 0 Å². The largest absolute Gasteiger partial charge is 0.493 e. The molecule has 0 aromatic heterocycles. The molecule has 0 radical (unpaired) electrons. The summed E-state index contributed by atoms with van der Waals surface area (Å²) in [7, 11) is 0. The van der Waals surface area contributed by atoms with Gasteiger partial charge in [-0.1, -0.05) is 22.0 Å². The smallest absolute Gasteiger partial charge is 0.226 e. The van der Waals surface area contributed by atoms with Crippen molar-refractivity contribution in [2.24, 2.45) is 5.73 Å². The number of carbonyl (C=O) groups is 1. The van der Waals surface area contributed by atoms with Gasteiger partial charge in [0.15, 0.2) is 0 Å². The second-order valence-electron chi connectivity index (χ2n) is 5.65. The first kappa shape index (κ1) is 21.2. The van der Waals surface area contributed by atoms with E-state index in [1.807, 2.05) is 29.2 Å². The number of hydrogen-bond donors (Lipinski definition) is 1. The van der Waals surface area contributed by atoms with E-state index >= 15 is 0 Å². The Balaban J connectivity index is 0.00000288. The van der Waals surface area contributed by atoms with Crippen molar-refractivity contribution < 1.29 is 14.3 Å². The van der Waals surface area contributed by atoms with Crippen molar-refractivity contribution in [3.8, 4) is 5.75 Å². The lowest BCUT2D eigenvalue weighted by atomic mass is 10.1. The van der Waals surface area contributed by atoms with Crippen LogP contribution in [0.1, 0.15) is 25.7 Å². The van der Waals surface area contributed by atoms with E-state index in [1.165, 1.54) is 0 Å². The molecule has 0 unspecified atom stereocenters. The molecule has 7 heteroatoms. The summed E-state index contributed by atoms with van der Waals surface area (Å²) in [4.78, 5) is 14.1. The van der Waals surface area contributed by atoms with Crippen molar-refractivity contribution in [3.63, 3.8) is 0 Å². The maximum Gasteiger partial charge on any atom is 0.226 e. The number of nitrogens with zero attached hydrogens (tertiary/aromatic N) is 1. The highest BCUT2D eigenvalue weighted by molar-refractivity contribution is 9.10. The Bertz CT molecular complexity index is 496. The van der Waals surface area contributed by atoms with E-state index < -0.39 is 0 Å². The third-order valence-corrected chi connectivity index (χ3v) is 4.37. The molecule has 0 aliphatic carbocycles. The molecule has 1 amide bonds. The fourth-order valence-electron chi connectivity index (χ4n) is 2.58. The van der Waals surface area contributed by atoms with Gasteiger partial charge in [-0.25, -0.2) is 0 Å². The van der Waals surface area contributed by atoms with Gasteiger partial charge in [0, 0.05) is 24.2 Å². The molecule has 0 spiro atoms. The minimum Gasteiger partial charge on any atom is -0.493 e. The summed E-state index contributed by atoms with van der Waals surface area (Å²) in [5, 5.41) is 0. The van der Waals surface area contributed by atoms with Gasteiger partial charge in [-0.15, -0.1) is 12.4 Å². The highest BCUT2D eigenvalue weighted by Crippen LogP contribution is 2.18. The number of halogens is 2. The van der Waals surface area contributed by atoms with E-state index in [1.54, 1.807) is 0 Å². The van der Waals surface area contributed by atoms with Crippen LogP contribution in [-0.2, 0) is 9.53 Å². The maximum absolute atomic E-state index is 12.2. The predicted molar refractivity (Wildman–Crippen MR) is 101 cm³/mol. The summed E-state index contributed by atoms with van der Waals surface area (Å²) in [5.74, 6) is 0.930. The third kappa shape index (κ3) is 7.38. The Morgan fingerprint density at radius 3 is 2.71 bits per heavy atom. The van der Waals surface area contributed by atoms with Crippen LogP contribution in [0.25, 0.3) is 0 Å². The average Bonchev–Trinajstić information content (AvgIpc) is 2.56. The Morgan fingerprint density at radius 1 is 1.29 bits per heavy atom. The number of nitrogens with two attached hydrogens (primary N) is 1. The zero-order chi connectivity index (χ0) is 16.5. The summed E-state index contributed by atoms with van der Waals surface area (Å²) in [6, 6.07) is 7.64. The second kappa shape index (κ2) is 11.7. The molecule has 1 aliphatic rings. The van der Waals surface area contributed by atoms with Crippen molar-refractivity contribution in [3.05, 3.63) is 28.7 Å². The highest BCUT2D eigenvalue weighted by Gasteiger charge is 2.22. The summed E-state index contributed by atoms with van der Waals surface area (Å²) in [6.07, 6.45) is 3.38. The summed E-state index contributed by atoms with van der Waals surface area (Å²) in [6.45, 7) is 3.32. The van der Waals surface area contributed by atoms with E-state index in [9.17, 15) is 4.79 Å². The zero-order valence-electron chi connectivity index (χ0n) is 13.8. The van der Waals surface area contributed by atoms with E-state index in [0.29, 0.717) is 19.6 Å². The normalized spacial score (nSPS) is 15.0. The molecule has 0 saturated carbocycles. The topological polar surface area (TPSA) is 64.8 Å². The Labute approximate surface area is 158 Å². The van der Waals surface area contributed by atoms with Crippen LogP contribution in [0.3, 0.4) is 0 Å². The first-order valence-corrected chi connectivity index (χ1v) is 8.96. The molecule has 1 aromatic carbocycles. The lowest BCUT2D eigenvalue weighted by Crippen LogP contribution is -2.41. The SMILES string of the molecule is Cl.NCCCOC1CCN(C(=O)CCOc2cccc(Br)c2)CC1. The van der Waals surface area contributed by atoms with Gasteiger partial charge >= 0.3 is 0 Å². The molecule has 2 rings (SSSR count). The van der Waals surface area contributed by atoms with Crippen molar-refractivity contribution in [2.45, 2.75) is 31.8 Å². The van der Waals surface area contributed by atoms with Gasteiger partial charge in [-0.05, 0) is 44.0 Å². The van der Waals surface area contributed by atoms with Gasteiger partial charge in [0.2, 0.25) is 5.91 Å². The Morgan fingerprint density at radius 2 is 2.04 bits per heavy atom. The number of hydrogen-bond acceptors (Lipinski definition) is 4. The number of likely N-dealkylation sites (tertiary alicyclic amines) is 1. The number of ether oxygens (including phenoxy) is 2. The van der Waals surface area contributed by atoms with Crippen LogP contribution in [0.4, 0.5) is 0 Å². The van der Waals surface area contributed by atoms with Crippen LogP contribution in [-0.4, -0.2) is 49.8 Å². The highest BCUT2D eigenvalue weighted by atomic mass is 79.9. The van der Waals surface area contributed by atoms with Crippen LogP contribution >= 0.6 is 28.3 Å². The minimum absolute atomic E-state index is 0. The van der Waals surface area contributed by atoms with Crippen molar-refractivity contribution in [2.75, 3.05) is 32.8 Å². The van der Waals surface area contributed by atoms with Crippen molar-refractivity contribution in [1.82, 2.24) is 4.90 Å². The molecular formula is C17H26BrClN2O3. The molecule has 136 valence electrons. The molecule has 1 heterocycles. The lowest BCUT2D eigenvalue weighted by molar-refractivity contribution is -0.134. The van der Waals surface area contributed by atoms with E-state index in [2.05, 4.69) is 15.9 Å². The molecule has 0 atom stereocenters. The van der Waals surface area contributed by atoms with E-state index in [0.717, 1.165) is 49.2 Å². The molecule has 5 nitrogen and oxygen atoms in total. The second-order valence-corrected chi connectivity index (χ2v) is 6.56. The molecular weight excluding hydrogens is 396 g/mol. The predicted octanol–water partition coefficient (Wildman–Crippen LogP) is 3.00. The van der Waals surface area contributed by atoms with E-state index in [4.69, 9.17) is 15.2 Å². The van der Waals surface area contributed by atoms with E-state index in [-0.39, 0.29) is 24.4 Å². The fourth-order valence-corrected chi connectivity index (χ4v) is 2.95. The summed E-state index contributed by atoms with van der Waals surface area (Å²) < 4.78 is 12.3. The average molecular weight is 422 g/mol. The van der Waals surface area contributed by atoms with Crippen LogP contribution in [0, 0.1) is 0 Å². The molecule has 1 saturated heterocycles. The van der Waals surface area contributed by atoms with Gasteiger partial charge in [0.05, 0.1) is 19.1 Å². The Kier molecular flexibility index (Phi) is 10.3. The maximum atomic E-state index is 12.2. The summed E-state index contributed by atoms with van der Waals surface area (Å²) in [5.41, 5.74) is 5.46. The number of piperidine rings is 1. The Hall–Kier alpha value is -0.820. The lowest BCUT2D eigenvalue weighted by Gasteiger charge is -2.32. The molecule has 2 N–H and O–H groups in total. The van der Waals surface area contributed by atoms with Gasteiger partial charge < -0.3 is 20.1 Å². The monoisotopic (exact) mass is 420 g/mol. The van der Waals surface area contributed by atoms with Crippen molar-refractivity contribution >= 4 is 34.2 Å². The van der Waals surface area contributed by atoms with Crippen LogP contribution in [0.15, 0.2) is 28.7 Å². The first-order chi connectivity index (χ1) is 11.2. The molecule has 1 aromatic rings. The first-order valence-electron chi connectivity index (χ1n) is 8.17. The fraction of sp³-hybridized carbons (Fsp3) is 0.588. The quantitative estimate of drug-likeness (QED) is 0.655. The minimum atomic E-state index is 0.